The van der Waals surface area contributed by atoms with Crippen molar-refractivity contribution >= 4 is 7.60 Å². The molecule has 0 spiro atoms. The first-order chi connectivity index (χ1) is 10.6. The molecule has 134 valence electrons. The molecule has 0 bridgehead atoms. The second-order valence-electron chi connectivity index (χ2n) is 5.96. The first kappa shape index (κ1) is 22.1. The fourth-order valence-electron chi connectivity index (χ4n) is 2.17. The highest BCUT2D eigenvalue weighted by Crippen LogP contribution is 2.49. The minimum absolute atomic E-state index is 0.407. The Hall–Kier alpha value is 0.110. The molecule has 22 heavy (non-hydrogen) atoms. The standard InChI is InChI=1S/C17H37O4P/c1-5-8-11-17(12-14-19-4)16-21-22(18,15-10-7-3)20-13-9-6-2/h17H,5-16H2,1-4H3. The van der Waals surface area contributed by atoms with E-state index in [1.165, 1.54) is 12.8 Å². The van der Waals surface area contributed by atoms with E-state index in [2.05, 4.69) is 20.8 Å². The maximum atomic E-state index is 12.8. The van der Waals surface area contributed by atoms with Gasteiger partial charge in [0, 0.05) is 13.7 Å². The Balaban J connectivity index is 4.41. The van der Waals surface area contributed by atoms with Gasteiger partial charge in [-0.1, -0.05) is 46.5 Å². The zero-order valence-electron chi connectivity index (χ0n) is 15.1. The van der Waals surface area contributed by atoms with Crippen LogP contribution in [0.2, 0.25) is 0 Å². The van der Waals surface area contributed by atoms with Gasteiger partial charge in [-0.05, 0) is 31.6 Å². The Morgan fingerprint density at radius 3 is 2.14 bits per heavy atom. The molecule has 0 rings (SSSR count). The average Bonchev–Trinajstić information content (AvgIpc) is 2.52. The van der Waals surface area contributed by atoms with Crippen molar-refractivity contribution in [3.05, 3.63) is 0 Å². The Morgan fingerprint density at radius 2 is 1.55 bits per heavy atom. The molecule has 0 aromatic carbocycles. The van der Waals surface area contributed by atoms with Crippen LogP contribution in [0, 0.1) is 5.92 Å². The Kier molecular flexibility index (Phi) is 14.8. The topological polar surface area (TPSA) is 44.8 Å². The van der Waals surface area contributed by atoms with Crippen LogP contribution in [-0.4, -0.2) is 33.1 Å². The molecule has 0 aromatic heterocycles. The van der Waals surface area contributed by atoms with Crippen LogP contribution in [0.15, 0.2) is 0 Å². The second-order valence-corrected chi connectivity index (χ2v) is 8.15. The highest BCUT2D eigenvalue weighted by molar-refractivity contribution is 7.53. The number of unbranched alkanes of at least 4 members (excludes halogenated alkanes) is 3. The maximum absolute atomic E-state index is 12.8. The number of hydrogen-bond acceptors (Lipinski definition) is 4. The van der Waals surface area contributed by atoms with Crippen molar-refractivity contribution in [3.63, 3.8) is 0 Å². The smallest absolute Gasteiger partial charge is 0.330 e. The molecule has 0 N–H and O–H groups in total. The molecule has 0 saturated carbocycles. The number of methoxy groups -OCH3 is 1. The normalized spacial score (nSPS) is 15.6. The van der Waals surface area contributed by atoms with Crippen LogP contribution in [0.3, 0.4) is 0 Å². The van der Waals surface area contributed by atoms with E-state index in [1.54, 1.807) is 7.11 Å². The van der Waals surface area contributed by atoms with Gasteiger partial charge in [0.2, 0.25) is 0 Å². The first-order valence-electron chi connectivity index (χ1n) is 8.98. The van der Waals surface area contributed by atoms with Gasteiger partial charge in [-0.2, -0.15) is 0 Å². The molecular weight excluding hydrogens is 299 g/mol. The third-order valence-corrected chi connectivity index (χ3v) is 5.76. The van der Waals surface area contributed by atoms with Gasteiger partial charge in [0.15, 0.2) is 0 Å². The molecule has 0 aliphatic carbocycles. The molecule has 0 heterocycles. The summed E-state index contributed by atoms with van der Waals surface area (Å²) in [6.45, 7) is 8.18. The van der Waals surface area contributed by atoms with Crippen LogP contribution in [-0.2, 0) is 18.3 Å². The monoisotopic (exact) mass is 336 g/mol. The van der Waals surface area contributed by atoms with Crippen molar-refractivity contribution < 1.29 is 18.3 Å². The number of ether oxygens (including phenoxy) is 1. The quantitative estimate of drug-likeness (QED) is 0.270. The molecule has 0 aliphatic rings. The molecule has 0 saturated heterocycles. The lowest BCUT2D eigenvalue weighted by atomic mass is 10.0. The lowest BCUT2D eigenvalue weighted by Crippen LogP contribution is -2.13. The summed E-state index contributed by atoms with van der Waals surface area (Å²) >= 11 is 0. The van der Waals surface area contributed by atoms with Gasteiger partial charge in [-0.25, -0.2) is 0 Å². The van der Waals surface area contributed by atoms with Crippen molar-refractivity contribution in [2.45, 2.75) is 72.1 Å². The SMILES string of the molecule is CCCCOP(=O)(CCCC)OCC(CCCC)CCOC. The molecule has 5 heteroatoms. The van der Waals surface area contributed by atoms with Crippen molar-refractivity contribution in [1.82, 2.24) is 0 Å². The van der Waals surface area contributed by atoms with E-state index in [0.29, 0.717) is 25.3 Å². The van der Waals surface area contributed by atoms with Crippen molar-refractivity contribution in [2.24, 2.45) is 5.92 Å². The molecule has 0 aliphatic heterocycles. The van der Waals surface area contributed by atoms with Crippen molar-refractivity contribution in [3.8, 4) is 0 Å². The molecule has 2 atom stereocenters. The van der Waals surface area contributed by atoms with E-state index >= 15 is 0 Å². The molecule has 0 fully saturated rings. The van der Waals surface area contributed by atoms with Crippen LogP contribution in [0.4, 0.5) is 0 Å². The summed E-state index contributed by atoms with van der Waals surface area (Å²) in [6, 6.07) is 0. The third kappa shape index (κ3) is 11.6. The molecule has 2 unspecified atom stereocenters. The van der Waals surface area contributed by atoms with Crippen molar-refractivity contribution in [1.29, 1.82) is 0 Å². The van der Waals surface area contributed by atoms with E-state index in [0.717, 1.165) is 45.1 Å². The molecular formula is C17H37O4P. The Labute approximate surface area is 137 Å². The molecule has 0 amide bonds. The predicted octanol–water partition coefficient (Wildman–Crippen LogP) is 5.66. The van der Waals surface area contributed by atoms with Gasteiger partial charge in [0.25, 0.3) is 0 Å². The summed E-state index contributed by atoms with van der Waals surface area (Å²) in [5.74, 6) is 0.407. The largest absolute Gasteiger partial charge is 0.385 e. The summed E-state index contributed by atoms with van der Waals surface area (Å²) in [4.78, 5) is 0. The predicted molar refractivity (Wildman–Crippen MR) is 93.7 cm³/mol. The maximum Gasteiger partial charge on any atom is 0.330 e. The zero-order chi connectivity index (χ0) is 16.7. The number of hydrogen-bond donors (Lipinski definition) is 0. The van der Waals surface area contributed by atoms with Crippen LogP contribution < -0.4 is 0 Å². The molecule has 4 nitrogen and oxygen atoms in total. The highest BCUT2D eigenvalue weighted by Gasteiger charge is 2.25. The van der Waals surface area contributed by atoms with E-state index in [1.807, 2.05) is 0 Å². The molecule has 0 aromatic rings. The van der Waals surface area contributed by atoms with Gasteiger partial charge < -0.3 is 13.8 Å². The van der Waals surface area contributed by atoms with E-state index in [4.69, 9.17) is 13.8 Å². The third-order valence-electron chi connectivity index (χ3n) is 3.77. The van der Waals surface area contributed by atoms with Gasteiger partial charge >= 0.3 is 7.60 Å². The Bertz CT molecular complexity index is 276. The van der Waals surface area contributed by atoms with Crippen LogP contribution in [0.25, 0.3) is 0 Å². The first-order valence-corrected chi connectivity index (χ1v) is 10.7. The summed E-state index contributed by atoms with van der Waals surface area (Å²) < 4.78 is 29.4. The fourth-order valence-corrected chi connectivity index (χ4v) is 4.05. The molecule has 0 radical (unpaired) electrons. The summed E-state index contributed by atoms with van der Waals surface area (Å²) in [7, 11) is -1.20. The zero-order valence-corrected chi connectivity index (χ0v) is 16.0. The van der Waals surface area contributed by atoms with E-state index in [9.17, 15) is 4.57 Å². The number of rotatable bonds is 16. The minimum Gasteiger partial charge on any atom is -0.385 e. The lowest BCUT2D eigenvalue weighted by molar-refractivity contribution is 0.134. The highest BCUT2D eigenvalue weighted by atomic mass is 31.2. The van der Waals surface area contributed by atoms with Crippen molar-refractivity contribution in [2.75, 3.05) is 33.1 Å². The average molecular weight is 336 g/mol. The summed E-state index contributed by atoms with van der Waals surface area (Å²) in [6.07, 6.45) is 8.81. The van der Waals surface area contributed by atoms with Gasteiger partial charge in [-0.3, -0.25) is 4.57 Å². The van der Waals surface area contributed by atoms with Gasteiger partial charge in [0.1, 0.15) is 0 Å². The summed E-state index contributed by atoms with van der Waals surface area (Å²) in [5, 5.41) is 0. The van der Waals surface area contributed by atoms with Crippen LogP contribution >= 0.6 is 7.60 Å². The van der Waals surface area contributed by atoms with E-state index in [-0.39, 0.29) is 0 Å². The van der Waals surface area contributed by atoms with Gasteiger partial charge in [0.05, 0.1) is 19.4 Å². The van der Waals surface area contributed by atoms with Crippen LogP contribution in [0.1, 0.15) is 72.1 Å². The minimum atomic E-state index is -2.92. The summed E-state index contributed by atoms with van der Waals surface area (Å²) in [5.41, 5.74) is 0. The van der Waals surface area contributed by atoms with Crippen LogP contribution in [0.5, 0.6) is 0 Å². The second kappa shape index (κ2) is 14.7. The van der Waals surface area contributed by atoms with E-state index < -0.39 is 7.60 Å². The lowest BCUT2D eigenvalue weighted by Gasteiger charge is -2.22. The van der Waals surface area contributed by atoms with Gasteiger partial charge in [-0.15, -0.1) is 0 Å². The Morgan fingerprint density at radius 1 is 0.864 bits per heavy atom. The fraction of sp³-hybridized carbons (Fsp3) is 1.00.